The number of nitrogens with zero attached hydrogens (tertiary/aromatic N) is 2. The summed E-state index contributed by atoms with van der Waals surface area (Å²) in [5, 5.41) is 6.60. The van der Waals surface area contributed by atoms with Crippen LogP contribution in [0.4, 0.5) is 0 Å². The third-order valence-electron chi connectivity index (χ3n) is 3.87. The van der Waals surface area contributed by atoms with Gasteiger partial charge in [-0.05, 0) is 24.1 Å². The Morgan fingerprint density at radius 3 is 2.76 bits per heavy atom. The average Bonchev–Trinajstić information content (AvgIpc) is 3.11. The van der Waals surface area contributed by atoms with Crippen LogP contribution in [-0.2, 0) is 11.3 Å². The van der Waals surface area contributed by atoms with E-state index in [9.17, 15) is 9.59 Å². The number of hydrogen-bond acceptors (Lipinski definition) is 5. The van der Waals surface area contributed by atoms with E-state index in [0.29, 0.717) is 12.0 Å². The molecule has 128 valence electrons. The van der Waals surface area contributed by atoms with E-state index in [-0.39, 0.29) is 35.6 Å². The number of pyridine rings is 1. The molecule has 0 bridgehead atoms. The number of rotatable bonds is 6. The molecule has 25 heavy (non-hydrogen) atoms. The van der Waals surface area contributed by atoms with Crippen LogP contribution >= 0.6 is 0 Å². The molecule has 2 N–H and O–H groups in total. The standard InChI is InChI=1S/C18H18N4O3/c1-2-13(12-7-4-3-5-8-12)17(23)20-11-15-21-16(22-25-15)14-9-6-10-19-18(14)24/h3-10,13H,2,11H2,1H3,(H,19,24)(H,20,23)/t13-/m0/s1. The number of H-pyrrole nitrogens is 1. The lowest BCUT2D eigenvalue weighted by atomic mass is 9.96. The molecule has 0 spiro atoms. The Morgan fingerprint density at radius 2 is 2.04 bits per heavy atom. The molecule has 7 heteroatoms. The van der Waals surface area contributed by atoms with Gasteiger partial charge in [0, 0.05) is 6.20 Å². The van der Waals surface area contributed by atoms with E-state index in [0.717, 1.165) is 5.56 Å². The zero-order chi connectivity index (χ0) is 17.6. The molecule has 2 aromatic heterocycles. The number of carbonyl (C=O) groups excluding carboxylic acids is 1. The van der Waals surface area contributed by atoms with Crippen molar-refractivity contribution >= 4 is 5.91 Å². The molecular weight excluding hydrogens is 320 g/mol. The van der Waals surface area contributed by atoms with Crippen molar-refractivity contribution in [3.05, 3.63) is 70.5 Å². The first kappa shape index (κ1) is 16.6. The van der Waals surface area contributed by atoms with Crippen LogP contribution in [0.3, 0.4) is 0 Å². The first-order valence-corrected chi connectivity index (χ1v) is 8.02. The molecule has 1 amide bonds. The van der Waals surface area contributed by atoms with Gasteiger partial charge in [-0.2, -0.15) is 4.98 Å². The monoisotopic (exact) mass is 338 g/mol. The molecule has 1 aromatic carbocycles. The van der Waals surface area contributed by atoms with Gasteiger partial charge in [0.15, 0.2) is 0 Å². The predicted octanol–water partition coefficient (Wildman–Crippen LogP) is 2.23. The number of amides is 1. The fourth-order valence-corrected chi connectivity index (χ4v) is 2.58. The van der Waals surface area contributed by atoms with E-state index < -0.39 is 0 Å². The van der Waals surface area contributed by atoms with Crippen LogP contribution in [-0.4, -0.2) is 21.0 Å². The van der Waals surface area contributed by atoms with Gasteiger partial charge in [-0.15, -0.1) is 0 Å². The van der Waals surface area contributed by atoms with Gasteiger partial charge < -0.3 is 14.8 Å². The molecule has 0 saturated heterocycles. The summed E-state index contributed by atoms with van der Waals surface area (Å²) in [6.45, 7) is 2.07. The minimum Gasteiger partial charge on any atom is -0.346 e. The maximum atomic E-state index is 12.4. The first-order valence-electron chi connectivity index (χ1n) is 8.02. The first-order chi connectivity index (χ1) is 12.2. The molecule has 0 saturated carbocycles. The van der Waals surface area contributed by atoms with Gasteiger partial charge in [0.1, 0.15) is 0 Å². The van der Waals surface area contributed by atoms with E-state index in [4.69, 9.17) is 4.52 Å². The molecule has 0 aliphatic heterocycles. The average molecular weight is 338 g/mol. The van der Waals surface area contributed by atoms with Gasteiger partial charge in [-0.1, -0.05) is 42.4 Å². The van der Waals surface area contributed by atoms with E-state index in [1.807, 2.05) is 37.3 Å². The summed E-state index contributed by atoms with van der Waals surface area (Å²) >= 11 is 0. The van der Waals surface area contributed by atoms with Crippen LogP contribution in [0, 0.1) is 0 Å². The van der Waals surface area contributed by atoms with E-state index in [2.05, 4.69) is 20.4 Å². The Morgan fingerprint density at radius 1 is 1.24 bits per heavy atom. The fourth-order valence-electron chi connectivity index (χ4n) is 2.58. The smallest absolute Gasteiger partial charge is 0.259 e. The Labute approximate surface area is 144 Å². The van der Waals surface area contributed by atoms with Crippen molar-refractivity contribution < 1.29 is 9.32 Å². The van der Waals surface area contributed by atoms with Crippen molar-refractivity contribution in [3.63, 3.8) is 0 Å². The number of carbonyl (C=O) groups is 1. The summed E-state index contributed by atoms with van der Waals surface area (Å²) in [5.41, 5.74) is 0.984. The number of hydrogen-bond donors (Lipinski definition) is 2. The Hall–Kier alpha value is -3.22. The van der Waals surface area contributed by atoms with Crippen molar-refractivity contribution in [1.29, 1.82) is 0 Å². The second-order valence-electron chi connectivity index (χ2n) is 5.51. The summed E-state index contributed by atoms with van der Waals surface area (Å²) in [6, 6.07) is 12.9. The zero-order valence-electron chi connectivity index (χ0n) is 13.7. The van der Waals surface area contributed by atoms with Crippen LogP contribution in [0.1, 0.15) is 30.7 Å². The largest absolute Gasteiger partial charge is 0.346 e. The number of nitrogens with one attached hydrogen (secondary N) is 2. The molecular formula is C18H18N4O3. The third kappa shape index (κ3) is 3.82. The Kier molecular flexibility index (Phi) is 5.03. The highest BCUT2D eigenvalue weighted by atomic mass is 16.5. The Balaban J connectivity index is 1.67. The zero-order valence-corrected chi connectivity index (χ0v) is 13.7. The minimum absolute atomic E-state index is 0.106. The molecule has 0 fully saturated rings. The summed E-state index contributed by atoms with van der Waals surface area (Å²) in [6.07, 6.45) is 2.21. The second-order valence-corrected chi connectivity index (χ2v) is 5.51. The molecule has 0 aliphatic carbocycles. The third-order valence-corrected chi connectivity index (χ3v) is 3.87. The number of aromatic amines is 1. The van der Waals surface area contributed by atoms with Gasteiger partial charge in [0.25, 0.3) is 5.56 Å². The maximum absolute atomic E-state index is 12.4. The lowest BCUT2D eigenvalue weighted by molar-refractivity contribution is -0.122. The van der Waals surface area contributed by atoms with Crippen molar-refractivity contribution in [2.75, 3.05) is 0 Å². The highest BCUT2D eigenvalue weighted by Gasteiger charge is 2.19. The highest BCUT2D eigenvalue weighted by molar-refractivity contribution is 5.83. The van der Waals surface area contributed by atoms with Crippen LogP contribution in [0.2, 0.25) is 0 Å². The van der Waals surface area contributed by atoms with E-state index in [1.54, 1.807) is 12.1 Å². The quantitative estimate of drug-likeness (QED) is 0.718. The van der Waals surface area contributed by atoms with Crippen molar-refractivity contribution in [2.45, 2.75) is 25.8 Å². The predicted molar refractivity (Wildman–Crippen MR) is 91.7 cm³/mol. The van der Waals surface area contributed by atoms with Gasteiger partial charge >= 0.3 is 0 Å². The number of aromatic nitrogens is 3. The van der Waals surface area contributed by atoms with Crippen molar-refractivity contribution in [2.24, 2.45) is 0 Å². The van der Waals surface area contributed by atoms with Gasteiger partial charge in [-0.3, -0.25) is 9.59 Å². The van der Waals surface area contributed by atoms with Crippen molar-refractivity contribution in [1.82, 2.24) is 20.4 Å². The van der Waals surface area contributed by atoms with E-state index in [1.165, 1.54) is 6.20 Å². The van der Waals surface area contributed by atoms with Crippen LogP contribution < -0.4 is 10.9 Å². The highest BCUT2D eigenvalue weighted by Crippen LogP contribution is 2.19. The lowest BCUT2D eigenvalue weighted by Crippen LogP contribution is -2.28. The maximum Gasteiger partial charge on any atom is 0.259 e. The molecule has 7 nitrogen and oxygen atoms in total. The summed E-state index contributed by atoms with van der Waals surface area (Å²) in [7, 11) is 0. The van der Waals surface area contributed by atoms with Gasteiger partial charge in [-0.25, -0.2) is 0 Å². The summed E-state index contributed by atoms with van der Waals surface area (Å²) in [4.78, 5) is 30.9. The molecule has 0 aliphatic rings. The topological polar surface area (TPSA) is 101 Å². The molecule has 3 rings (SSSR count). The van der Waals surface area contributed by atoms with Crippen LogP contribution in [0.5, 0.6) is 0 Å². The van der Waals surface area contributed by atoms with E-state index >= 15 is 0 Å². The van der Waals surface area contributed by atoms with Crippen molar-refractivity contribution in [3.8, 4) is 11.4 Å². The SMILES string of the molecule is CC[C@H](C(=O)NCc1nc(-c2ccc[nH]c2=O)no1)c1ccccc1. The molecule has 2 heterocycles. The minimum atomic E-state index is -0.297. The molecule has 0 radical (unpaired) electrons. The fraction of sp³-hybridized carbons (Fsp3) is 0.222. The Bertz CT molecular complexity index is 902. The molecule has 1 atom stereocenters. The van der Waals surface area contributed by atoms with Crippen LogP contribution in [0.15, 0.2) is 58.0 Å². The molecule has 3 aromatic rings. The van der Waals surface area contributed by atoms with Gasteiger partial charge in [0.2, 0.25) is 17.6 Å². The summed E-state index contributed by atoms with van der Waals surface area (Å²) < 4.78 is 5.11. The summed E-state index contributed by atoms with van der Waals surface area (Å²) in [5.74, 6) is 0.0993. The molecule has 0 unspecified atom stereocenters. The van der Waals surface area contributed by atoms with Gasteiger partial charge in [0.05, 0.1) is 18.0 Å². The van der Waals surface area contributed by atoms with Crippen LogP contribution in [0.25, 0.3) is 11.4 Å². The second kappa shape index (κ2) is 7.57. The lowest BCUT2D eigenvalue weighted by Gasteiger charge is -2.14. The normalized spacial score (nSPS) is 11.9. The number of benzene rings is 1.